The van der Waals surface area contributed by atoms with E-state index in [0.717, 1.165) is 17.9 Å². The van der Waals surface area contributed by atoms with E-state index >= 15 is 0 Å². The van der Waals surface area contributed by atoms with E-state index in [1.54, 1.807) is 0 Å². The summed E-state index contributed by atoms with van der Waals surface area (Å²) in [4.78, 5) is 0. The van der Waals surface area contributed by atoms with Crippen molar-refractivity contribution in [3.8, 4) is 0 Å². The second kappa shape index (κ2) is 6.34. The lowest BCUT2D eigenvalue weighted by Gasteiger charge is -2.29. The molecule has 0 unspecified atom stereocenters. The van der Waals surface area contributed by atoms with E-state index in [0.29, 0.717) is 11.4 Å². The summed E-state index contributed by atoms with van der Waals surface area (Å²) < 4.78 is 0. The summed E-state index contributed by atoms with van der Waals surface area (Å²) >= 11 is 0. The van der Waals surface area contributed by atoms with Crippen LogP contribution in [0, 0.1) is 5.92 Å². The highest BCUT2D eigenvalue weighted by Crippen LogP contribution is 2.36. The Hall–Kier alpha value is -1.44. The summed E-state index contributed by atoms with van der Waals surface area (Å²) in [5, 5.41) is 0. The van der Waals surface area contributed by atoms with Gasteiger partial charge in [0.1, 0.15) is 0 Å². The van der Waals surface area contributed by atoms with Gasteiger partial charge in [0.2, 0.25) is 0 Å². The highest BCUT2D eigenvalue weighted by molar-refractivity contribution is 5.67. The summed E-state index contributed by atoms with van der Waals surface area (Å²) in [6, 6.07) is 4.09. The van der Waals surface area contributed by atoms with Crippen LogP contribution in [-0.4, -0.2) is 0 Å². The minimum atomic E-state index is -0.0744. The fourth-order valence-corrected chi connectivity index (χ4v) is 2.40. The molecular formula is C18H30N2. The van der Waals surface area contributed by atoms with E-state index in [1.807, 2.05) is 6.07 Å². The lowest BCUT2D eigenvalue weighted by molar-refractivity contribution is 0.549. The number of rotatable bonds is 6. The average Bonchev–Trinajstić information content (AvgIpc) is 2.32. The quantitative estimate of drug-likeness (QED) is 0.584. The van der Waals surface area contributed by atoms with Crippen LogP contribution in [0.2, 0.25) is 0 Å². The number of nitrogens with two attached hydrogens (primary N) is 2. The third kappa shape index (κ3) is 3.78. The van der Waals surface area contributed by atoms with E-state index < -0.39 is 0 Å². The molecule has 0 aliphatic carbocycles. The standard InChI is InChI=1S/C18H30N2/c1-12(2)8-7-9-14-10-16(19)17(20)11-15(14)18(5,6)13(3)4/h10-12H,3,7-9,19-20H2,1-2,4-6H3. The van der Waals surface area contributed by atoms with Crippen LogP contribution < -0.4 is 11.5 Å². The highest BCUT2D eigenvalue weighted by atomic mass is 14.7. The fourth-order valence-electron chi connectivity index (χ4n) is 2.40. The summed E-state index contributed by atoms with van der Waals surface area (Å²) in [7, 11) is 0. The molecule has 0 spiro atoms. The van der Waals surface area contributed by atoms with Crippen molar-refractivity contribution < 1.29 is 0 Å². The molecule has 112 valence electrons. The van der Waals surface area contributed by atoms with Crippen LogP contribution in [0.5, 0.6) is 0 Å². The number of hydrogen-bond acceptors (Lipinski definition) is 2. The van der Waals surface area contributed by atoms with E-state index in [-0.39, 0.29) is 5.41 Å². The van der Waals surface area contributed by atoms with Crippen molar-refractivity contribution in [3.63, 3.8) is 0 Å². The van der Waals surface area contributed by atoms with Gasteiger partial charge >= 0.3 is 0 Å². The molecule has 1 aromatic carbocycles. The maximum atomic E-state index is 6.01. The molecule has 20 heavy (non-hydrogen) atoms. The zero-order valence-electron chi connectivity index (χ0n) is 13.7. The van der Waals surface area contributed by atoms with E-state index in [4.69, 9.17) is 11.5 Å². The Labute approximate surface area is 124 Å². The van der Waals surface area contributed by atoms with Crippen LogP contribution in [0.1, 0.15) is 58.6 Å². The Morgan fingerprint density at radius 1 is 1.20 bits per heavy atom. The first-order valence-corrected chi connectivity index (χ1v) is 7.50. The number of hydrogen-bond donors (Lipinski definition) is 2. The molecule has 0 fully saturated rings. The molecule has 1 aromatic rings. The molecule has 2 heteroatoms. The molecule has 0 amide bonds. The van der Waals surface area contributed by atoms with Gasteiger partial charge in [0.25, 0.3) is 0 Å². The predicted molar refractivity (Wildman–Crippen MR) is 90.9 cm³/mol. The number of nitrogen functional groups attached to an aromatic ring is 2. The van der Waals surface area contributed by atoms with Crippen LogP contribution in [-0.2, 0) is 11.8 Å². The molecule has 0 aromatic heterocycles. The van der Waals surface area contributed by atoms with Crippen LogP contribution in [0.25, 0.3) is 0 Å². The van der Waals surface area contributed by atoms with Crippen molar-refractivity contribution in [2.24, 2.45) is 5.92 Å². The largest absolute Gasteiger partial charge is 0.397 e. The molecule has 0 saturated carbocycles. The molecule has 1 rings (SSSR count). The number of anilines is 2. The van der Waals surface area contributed by atoms with Crippen LogP contribution in [0.15, 0.2) is 24.3 Å². The summed E-state index contributed by atoms with van der Waals surface area (Å²) in [5.41, 5.74) is 17.0. The van der Waals surface area contributed by atoms with Crippen molar-refractivity contribution >= 4 is 11.4 Å². The van der Waals surface area contributed by atoms with Crippen molar-refractivity contribution in [1.29, 1.82) is 0 Å². The smallest absolute Gasteiger partial charge is 0.0551 e. The molecule has 2 nitrogen and oxygen atoms in total. The van der Waals surface area contributed by atoms with Gasteiger partial charge in [-0.1, -0.05) is 46.3 Å². The van der Waals surface area contributed by atoms with Gasteiger partial charge in [-0.3, -0.25) is 0 Å². The number of aryl methyl sites for hydroxylation is 1. The first-order valence-electron chi connectivity index (χ1n) is 7.50. The first kappa shape index (κ1) is 16.6. The predicted octanol–water partition coefficient (Wildman–Crippen LogP) is 4.68. The van der Waals surface area contributed by atoms with Gasteiger partial charge in [-0.15, -0.1) is 0 Å². The first-order chi connectivity index (χ1) is 9.16. The van der Waals surface area contributed by atoms with E-state index in [2.05, 4.69) is 47.3 Å². The van der Waals surface area contributed by atoms with Gasteiger partial charge < -0.3 is 11.5 Å². The molecule has 0 saturated heterocycles. The highest BCUT2D eigenvalue weighted by Gasteiger charge is 2.25. The Morgan fingerprint density at radius 3 is 2.25 bits per heavy atom. The third-order valence-corrected chi connectivity index (χ3v) is 4.28. The lowest BCUT2D eigenvalue weighted by Crippen LogP contribution is -2.21. The Kier molecular flexibility index (Phi) is 5.27. The monoisotopic (exact) mass is 274 g/mol. The topological polar surface area (TPSA) is 52.0 Å². The zero-order chi connectivity index (χ0) is 15.5. The molecule has 0 radical (unpaired) electrons. The summed E-state index contributed by atoms with van der Waals surface area (Å²) in [6.45, 7) is 15.1. The average molecular weight is 274 g/mol. The molecule has 0 aliphatic heterocycles. The van der Waals surface area contributed by atoms with Crippen LogP contribution in [0.4, 0.5) is 11.4 Å². The normalized spacial score (nSPS) is 11.9. The minimum absolute atomic E-state index is 0.0744. The Morgan fingerprint density at radius 2 is 1.75 bits per heavy atom. The Bertz CT molecular complexity index is 484. The SMILES string of the molecule is C=C(C)C(C)(C)c1cc(N)c(N)cc1CCCC(C)C. The summed E-state index contributed by atoms with van der Waals surface area (Å²) in [6.07, 6.45) is 3.46. The molecule has 4 N–H and O–H groups in total. The van der Waals surface area contributed by atoms with Crippen LogP contribution in [0.3, 0.4) is 0 Å². The number of benzene rings is 1. The minimum Gasteiger partial charge on any atom is -0.397 e. The van der Waals surface area contributed by atoms with Gasteiger partial charge in [-0.2, -0.15) is 0 Å². The van der Waals surface area contributed by atoms with Crippen LogP contribution >= 0.6 is 0 Å². The van der Waals surface area contributed by atoms with E-state index in [9.17, 15) is 0 Å². The second-order valence-corrected chi connectivity index (χ2v) is 6.83. The molecule has 0 heterocycles. The second-order valence-electron chi connectivity index (χ2n) is 6.83. The lowest BCUT2D eigenvalue weighted by atomic mass is 9.75. The fraction of sp³-hybridized carbons (Fsp3) is 0.556. The van der Waals surface area contributed by atoms with Gasteiger partial charge in [-0.25, -0.2) is 0 Å². The molecule has 0 bridgehead atoms. The van der Waals surface area contributed by atoms with Crippen molar-refractivity contribution in [3.05, 3.63) is 35.4 Å². The Balaban J connectivity index is 3.14. The molecular weight excluding hydrogens is 244 g/mol. The van der Waals surface area contributed by atoms with Crippen molar-refractivity contribution in [2.45, 2.75) is 59.3 Å². The van der Waals surface area contributed by atoms with Gasteiger partial charge in [-0.05, 0) is 48.9 Å². The maximum Gasteiger partial charge on any atom is 0.0551 e. The third-order valence-electron chi connectivity index (χ3n) is 4.28. The summed E-state index contributed by atoms with van der Waals surface area (Å²) in [5.74, 6) is 0.735. The van der Waals surface area contributed by atoms with Crippen molar-refractivity contribution in [1.82, 2.24) is 0 Å². The van der Waals surface area contributed by atoms with Crippen molar-refractivity contribution in [2.75, 3.05) is 11.5 Å². The molecule has 0 atom stereocenters. The number of allylic oxidation sites excluding steroid dienone is 1. The van der Waals surface area contributed by atoms with Gasteiger partial charge in [0.15, 0.2) is 0 Å². The molecule has 0 aliphatic rings. The van der Waals surface area contributed by atoms with E-state index in [1.165, 1.54) is 24.0 Å². The van der Waals surface area contributed by atoms with Gasteiger partial charge in [0.05, 0.1) is 11.4 Å². The zero-order valence-corrected chi connectivity index (χ0v) is 13.7. The van der Waals surface area contributed by atoms with Gasteiger partial charge in [0, 0.05) is 5.41 Å². The maximum absolute atomic E-state index is 6.01.